The first kappa shape index (κ1) is 28.4. The molecular weight excluding hydrogens is 376 g/mol. The summed E-state index contributed by atoms with van der Waals surface area (Å²) in [5.74, 6) is 0. The van der Waals surface area contributed by atoms with E-state index in [1.165, 1.54) is 82.6 Å². The first-order valence-corrected chi connectivity index (χ1v) is 12.2. The summed E-state index contributed by atoms with van der Waals surface area (Å²) >= 11 is 0. The number of hydrogen-bond acceptors (Lipinski definition) is 2. The van der Waals surface area contributed by atoms with Gasteiger partial charge in [-0.1, -0.05) is 115 Å². The van der Waals surface area contributed by atoms with E-state index in [1.807, 2.05) is 0 Å². The first-order chi connectivity index (χ1) is 13.6. The number of benzene rings is 1. The van der Waals surface area contributed by atoms with Gasteiger partial charge in [-0.25, -0.2) is 0 Å². The van der Waals surface area contributed by atoms with Crippen molar-refractivity contribution in [3.05, 3.63) is 35.9 Å². The normalized spacial score (nSPS) is 12.6. The maximum atomic E-state index is 3.79. The van der Waals surface area contributed by atoms with Gasteiger partial charge in [0.25, 0.3) is 0 Å². The van der Waals surface area contributed by atoms with Crippen LogP contribution < -0.4 is 10.6 Å². The lowest BCUT2D eigenvalue weighted by Gasteiger charge is -2.32. The fourth-order valence-corrected chi connectivity index (χ4v) is 3.91. The van der Waals surface area contributed by atoms with Crippen molar-refractivity contribution in [2.45, 2.75) is 123 Å². The van der Waals surface area contributed by atoms with Gasteiger partial charge in [-0.3, -0.25) is 5.32 Å². The molecule has 0 amide bonds. The molecule has 0 aliphatic heterocycles. The summed E-state index contributed by atoms with van der Waals surface area (Å²) in [5, 5.41) is 7.51. The Balaban J connectivity index is 0.00000784. The smallest absolute Gasteiger partial charge is 0.0575 e. The van der Waals surface area contributed by atoms with Gasteiger partial charge in [0.05, 0.1) is 6.17 Å². The Bertz CT molecular complexity index is 461. The first-order valence-electron chi connectivity index (χ1n) is 12.2. The standard InChI is InChI=1S/C26H48N2.ClH/c1-5-7-8-9-10-11-12-13-14-15-16-20-23-27-25(6-2)28-26(3,4)24-21-18-17-19-22-24;/h17-19,21-22,25,27-28H,5-16,20,23H2,1-4H3;1H. The van der Waals surface area contributed by atoms with Crippen LogP contribution in [0.3, 0.4) is 0 Å². The lowest BCUT2D eigenvalue weighted by molar-refractivity contribution is 0.294. The number of hydrogen-bond donors (Lipinski definition) is 2. The van der Waals surface area contributed by atoms with E-state index in [-0.39, 0.29) is 17.9 Å². The summed E-state index contributed by atoms with van der Waals surface area (Å²) in [6.45, 7) is 10.2. The van der Waals surface area contributed by atoms with Crippen LogP contribution in [0.1, 0.15) is 117 Å². The highest BCUT2D eigenvalue weighted by molar-refractivity contribution is 5.85. The van der Waals surface area contributed by atoms with Crippen LogP contribution in [0.5, 0.6) is 0 Å². The van der Waals surface area contributed by atoms with Gasteiger partial charge < -0.3 is 5.32 Å². The van der Waals surface area contributed by atoms with Crippen molar-refractivity contribution < 1.29 is 0 Å². The molecule has 1 unspecified atom stereocenters. The summed E-state index contributed by atoms with van der Waals surface area (Å²) < 4.78 is 0. The molecule has 2 nitrogen and oxygen atoms in total. The molecule has 1 aromatic rings. The molecule has 0 spiro atoms. The molecule has 3 heteroatoms. The number of rotatable bonds is 18. The Hall–Kier alpha value is -0.570. The summed E-state index contributed by atoms with van der Waals surface area (Å²) in [4.78, 5) is 0. The van der Waals surface area contributed by atoms with Crippen molar-refractivity contribution in [3.8, 4) is 0 Å². The molecule has 0 heterocycles. The van der Waals surface area contributed by atoms with Crippen LogP contribution >= 0.6 is 12.4 Å². The highest BCUT2D eigenvalue weighted by Gasteiger charge is 2.22. The Labute approximate surface area is 188 Å². The summed E-state index contributed by atoms with van der Waals surface area (Å²) in [6, 6.07) is 10.8. The Morgan fingerprint density at radius 3 is 1.69 bits per heavy atom. The zero-order valence-electron chi connectivity index (χ0n) is 19.8. The van der Waals surface area contributed by atoms with Gasteiger partial charge in [-0.15, -0.1) is 12.4 Å². The van der Waals surface area contributed by atoms with Crippen LogP contribution in [0.4, 0.5) is 0 Å². The van der Waals surface area contributed by atoms with E-state index < -0.39 is 0 Å². The summed E-state index contributed by atoms with van der Waals surface area (Å²) in [7, 11) is 0. The van der Waals surface area contributed by atoms with E-state index in [0.717, 1.165) is 13.0 Å². The SMILES string of the molecule is CCCCCCCCCCCCCCNC(CC)NC(C)(C)c1ccccc1.Cl. The average Bonchev–Trinajstić information content (AvgIpc) is 2.71. The van der Waals surface area contributed by atoms with Crippen molar-refractivity contribution in [1.29, 1.82) is 0 Å². The van der Waals surface area contributed by atoms with E-state index in [9.17, 15) is 0 Å². The second-order valence-corrected chi connectivity index (χ2v) is 8.94. The van der Waals surface area contributed by atoms with Gasteiger partial charge in [-0.05, 0) is 38.8 Å². The molecule has 0 aromatic heterocycles. The topological polar surface area (TPSA) is 24.1 Å². The minimum absolute atomic E-state index is 0. The minimum Gasteiger partial charge on any atom is -0.302 e. The molecule has 1 rings (SSSR count). The molecule has 0 radical (unpaired) electrons. The van der Waals surface area contributed by atoms with Crippen molar-refractivity contribution in [2.75, 3.05) is 6.54 Å². The second kappa shape index (κ2) is 18.2. The number of halogens is 1. The third-order valence-electron chi connectivity index (χ3n) is 5.86. The van der Waals surface area contributed by atoms with Gasteiger partial charge in [0.1, 0.15) is 0 Å². The van der Waals surface area contributed by atoms with E-state index in [4.69, 9.17) is 0 Å². The van der Waals surface area contributed by atoms with Gasteiger partial charge in [-0.2, -0.15) is 0 Å². The van der Waals surface area contributed by atoms with E-state index in [2.05, 4.69) is 68.7 Å². The van der Waals surface area contributed by atoms with Crippen molar-refractivity contribution in [3.63, 3.8) is 0 Å². The fourth-order valence-electron chi connectivity index (χ4n) is 3.91. The molecule has 1 atom stereocenters. The summed E-state index contributed by atoms with van der Waals surface area (Å²) in [5.41, 5.74) is 1.34. The quantitative estimate of drug-likeness (QED) is 0.184. The van der Waals surface area contributed by atoms with Crippen LogP contribution in [-0.4, -0.2) is 12.7 Å². The second-order valence-electron chi connectivity index (χ2n) is 8.94. The molecule has 0 aliphatic rings. The Kier molecular flexibility index (Phi) is 17.9. The van der Waals surface area contributed by atoms with E-state index >= 15 is 0 Å². The van der Waals surface area contributed by atoms with Gasteiger partial charge in [0.2, 0.25) is 0 Å². The third-order valence-corrected chi connectivity index (χ3v) is 5.86. The monoisotopic (exact) mass is 424 g/mol. The minimum atomic E-state index is -0.00846. The third kappa shape index (κ3) is 14.1. The van der Waals surface area contributed by atoms with E-state index in [0.29, 0.717) is 6.17 Å². The van der Waals surface area contributed by atoms with Crippen LogP contribution in [0.25, 0.3) is 0 Å². The van der Waals surface area contributed by atoms with Gasteiger partial charge in [0, 0.05) is 5.54 Å². The fraction of sp³-hybridized carbons (Fsp3) is 0.769. The van der Waals surface area contributed by atoms with Crippen LogP contribution in [0.15, 0.2) is 30.3 Å². The predicted molar refractivity (Wildman–Crippen MR) is 133 cm³/mol. The molecule has 0 fully saturated rings. The number of nitrogens with one attached hydrogen (secondary N) is 2. The Morgan fingerprint density at radius 2 is 1.21 bits per heavy atom. The molecule has 0 aliphatic carbocycles. The molecular formula is C26H49ClN2. The Morgan fingerprint density at radius 1 is 0.724 bits per heavy atom. The maximum Gasteiger partial charge on any atom is 0.0575 e. The van der Waals surface area contributed by atoms with Crippen LogP contribution in [0.2, 0.25) is 0 Å². The molecule has 0 saturated heterocycles. The van der Waals surface area contributed by atoms with Crippen molar-refractivity contribution in [2.24, 2.45) is 0 Å². The van der Waals surface area contributed by atoms with Crippen LogP contribution in [-0.2, 0) is 5.54 Å². The van der Waals surface area contributed by atoms with E-state index in [1.54, 1.807) is 0 Å². The molecule has 2 N–H and O–H groups in total. The average molecular weight is 425 g/mol. The molecule has 29 heavy (non-hydrogen) atoms. The van der Waals surface area contributed by atoms with Crippen molar-refractivity contribution in [1.82, 2.24) is 10.6 Å². The molecule has 1 aromatic carbocycles. The maximum absolute atomic E-state index is 3.79. The highest BCUT2D eigenvalue weighted by atomic mass is 35.5. The molecule has 0 saturated carbocycles. The zero-order valence-corrected chi connectivity index (χ0v) is 20.6. The highest BCUT2D eigenvalue weighted by Crippen LogP contribution is 2.20. The lowest BCUT2D eigenvalue weighted by Crippen LogP contribution is -2.50. The van der Waals surface area contributed by atoms with Crippen molar-refractivity contribution >= 4 is 12.4 Å². The summed E-state index contributed by atoms with van der Waals surface area (Å²) in [6.07, 6.45) is 18.4. The largest absolute Gasteiger partial charge is 0.302 e. The lowest BCUT2D eigenvalue weighted by atomic mass is 9.94. The number of unbranched alkanes of at least 4 members (excludes halogenated alkanes) is 11. The van der Waals surface area contributed by atoms with Gasteiger partial charge in [0.15, 0.2) is 0 Å². The molecule has 170 valence electrons. The predicted octanol–water partition coefficient (Wildman–Crippen LogP) is 7.96. The molecule has 0 bridgehead atoms. The van der Waals surface area contributed by atoms with Gasteiger partial charge >= 0.3 is 0 Å². The zero-order chi connectivity index (χ0) is 20.5. The van der Waals surface area contributed by atoms with Crippen LogP contribution in [0, 0.1) is 0 Å².